The van der Waals surface area contributed by atoms with Gasteiger partial charge in [-0.1, -0.05) is 30.3 Å². The fraction of sp³-hybridized carbons (Fsp3) is 0.579. The van der Waals surface area contributed by atoms with Crippen molar-refractivity contribution in [3.63, 3.8) is 0 Å². The molecule has 1 aromatic rings. The summed E-state index contributed by atoms with van der Waals surface area (Å²) in [4.78, 5) is 23.1. The van der Waals surface area contributed by atoms with Crippen LogP contribution in [0.25, 0.3) is 0 Å². The van der Waals surface area contributed by atoms with E-state index in [2.05, 4.69) is 5.32 Å². The second kappa shape index (κ2) is 9.01. The van der Waals surface area contributed by atoms with Crippen LogP contribution in [0.1, 0.15) is 18.4 Å². The summed E-state index contributed by atoms with van der Waals surface area (Å²) >= 11 is 5.39. The number of methoxy groups -OCH3 is 1. The van der Waals surface area contributed by atoms with Gasteiger partial charge in [-0.25, -0.2) is 4.79 Å². The van der Waals surface area contributed by atoms with Gasteiger partial charge in [0.1, 0.15) is 18.1 Å². The number of carbonyl (C=O) groups excluding carboxylic acids is 2. The van der Waals surface area contributed by atoms with Crippen molar-refractivity contribution in [2.45, 2.75) is 37.3 Å². The van der Waals surface area contributed by atoms with Crippen molar-refractivity contribution in [1.82, 2.24) is 5.32 Å². The van der Waals surface area contributed by atoms with Crippen LogP contribution in [0.15, 0.2) is 30.3 Å². The molecule has 0 bridgehead atoms. The Kier molecular flexibility index (Phi) is 6.70. The Morgan fingerprint density at radius 1 is 1.33 bits per heavy atom. The van der Waals surface area contributed by atoms with Crippen LogP contribution in [0.5, 0.6) is 0 Å². The number of imide groups is 1. The highest BCUT2D eigenvalue weighted by Crippen LogP contribution is 2.48. The predicted octanol–water partition coefficient (Wildman–Crippen LogP) is 2.26. The number of benzene rings is 1. The van der Waals surface area contributed by atoms with Crippen molar-refractivity contribution in [3.8, 4) is 0 Å². The molecule has 4 atom stereocenters. The number of rotatable bonds is 7. The van der Waals surface area contributed by atoms with Crippen molar-refractivity contribution in [2.24, 2.45) is 5.92 Å². The lowest BCUT2D eigenvalue weighted by molar-refractivity contribution is -0.125. The van der Waals surface area contributed by atoms with E-state index in [-0.39, 0.29) is 23.5 Å². The molecule has 2 amide bonds. The number of epoxide rings is 1. The fourth-order valence-electron chi connectivity index (χ4n) is 3.63. The highest BCUT2D eigenvalue weighted by atomic mass is 35.5. The third kappa shape index (κ3) is 4.99. The van der Waals surface area contributed by atoms with Gasteiger partial charge in [0, 0.05) is 13.0 Å². The van der Waals surface area contributed by atoms with Gasteiger partial charge in [0.25, 0.3) is 0 Å². The number of alkyl carbamates (subject to hydrolysis) is 1. The molecule has 1 saturated heterocycles. The Morgan fingerprint density at radius 3 is 2.70 bits per heavy atom. The van der Waals surface area contributed by atoms with Crippen LogP contribution in [-0.4, -0.2) is 56.0 Å². The van der Waals surface area contributed by atoms with Crippen LogP contribution in [-0.2, 0) is 30.3 Å². The molecule has 0 unspecified atom stereocenters. The molecule has 8 heteroatoms. The van der Waals surface area contributed by atoms with Crippen molar-refractivity contribution in [2.75, 3.05) is 26.2 Å². The number of halogens is 1. The Bertz CT molecular complexity index is 651. The SMILES string of the molecule is CO[C@@H]1[C@H](OC(=O)NC(=O)CCl)CC[C@]2(CO2)[C@H]1COCc1ccccc1. The lowest BCUT2D eigenvalue weighted by atomic mass is 9.76. The quantitative estimate of drug-likeness (QED) is 0.561. The van der Waals surface area contributed by atoms with Crippen LogP contribution >= 0.6 is 11.6 Å². The summed E-state index contributed by atoms with van der Waals surface area (Å²) < 4.78 is 22.7. The van der Waals surface area contributed by atoms with Gasteiger partial charge in [0.05, 0.1) is 25.4 Å². The van der Waals surface area contributed by atoms with Gasteiger partial charge >= 0.3 is 6.09 Å². The van der Waals surface area contributed by atoms with Gasteiger partial charge < -0.3 is 18.9 Å². The zero-order valence-electron chi connectivity index (χ0n) is 15.2. The molecule has 1 aliphatic carbocycles. The number of hydrogen-bond donors (Lipinski definition) is 1. The first-order chi connectivity index (χ1) is 13.1. The van der Waals surface area contributed by atoms with Gasteiger partial charge in [0.2, 0.25) is 5.91 Å². The summed E-state index contributed by atoms with van der Waals surface area (Å²) in [5.41, 5.74) is 0.805. The van der Waals surface area contributed by atoms with Crippen LogP contribution in [0.2, 0.25) is 0 Å². The molecule has 1 spiro atoms. The maximum atomic E-state index is 11.9. The van der Waals surface area contributed by atoms with E-state index in [1.165, 1.54) is 0 Å². The Balaban J connectivity index is 1.60. The maximum Gasteiger partial charge on any atom is 0.414 e. The number of nitrogens with one attached hydrogen (secondary N) is 1. The lowest BCUT2D eigenvalue weighted by Crippen LogP contribution is -2.52. The van der Waals surface area contributed by atoms with Gasteiger partial charge in [-0.05, 0) is 18.4 Å². The molecule has 27 heavy (non-hydrogen) atoms. The Hall–Kier alpha value is -1.67. The molecular formula is C19H24ClNO6. The number of carbonyl (C=O) groups is 2. The van der Waals surface area contributed by atoms with Crippen LogP contribution in [0.4, 0.5) is 4.79 Å². The normalized spacial score (nSPS) is 29.3. The van der Waals surface area contributed by atoms with Gasteiger partial charge in [-0.2, -0.15) is 0 Å². The molecule has 1 N–H and O–H groups in total. The molecule has 3 rings (SSSR count). The molecule has 2 fully saturated rings. The van der Waals surface area contributed by atoms with Crippen LogP contribution in [0.3, 0.4) is 0 Å². The highest BCUT2D eigenvalue weighted by Gasteiger charge is 2.59. The first kappa shape index (κ1) is 20.1. The summed E-state index contributed by atoms with van der Waals surface area (Å²) in [6.07, 6.45) is -0.347. The molecule has 1 aromatic carbocycles. The molecular weight excluding hydrogens is 374 g/mol. The number of alkyl halides is 1. The molecule has 1 aliphatic heterocycles. The highest BCUT2D eigenvalue weighted by molar-refractivity contribution is 6.28. The van der Waals surface area contributed by atoms with Crippen molar-refractivity contribution in [3.05, 3.63) is 35.9 Å². The Morgan fingerprint density at radius 2 is 2.07 bits per heavy atom. The smallest absolute Gasteiger partial charge is 0.414 e. The maximum absolute atomic E-state index is 11.9. The minimum absolute atomic E-state index is 0.0681. The predicted molar refractivity (Wildman–Crippen MR) is 97.4 cm³/mol. The summed E-state index contributed by atoms with van der Waals surface area (Å²) in [7, 11) is 1.58. The molecule has 1 saturated carbocycles. The van der Waals surface area contributed by atoms with E-state index in [9.17, 15) is 9.59 Å². The zero-order valence-corrected chi connectivity index (χ0v) is 15.9. The fourth-order valence-corrected chi connectivity index (χ4v) is 3.69. The van der Waals surface area contributed by atoms with E-state index in [1.807, 2.05) is 30.3 Å². The average Bonchev–Trinajstić information content (AvgIpc) is 3.45. The summed E-state index contributed by atoms with van der Waals surface area (Å²) in [5, 5.41) is 2.09. The van der Waals surface area contributed by atoms with Crippen LogP contribution in [0, 0.1) is 5.92 Å². The summed E-state index contributed by atoms with van der Waals surface area (Å²) in [6.45, 7) is 1.56. The molecule has 1 heterocycles. The molecule has 0 radical (unpaired) electrons. The molecule has 0 aromatic heterocycles. The summed E-state index contributed by atoms with van der Waals surface area (Å²) in [5.74, 6) is -0.974. The third-order valence-corrected chi connectivity index (χ3v) is 5.35. The minimum Gasteiger partial charge on any atom is -0.443 e. The Labute approximate surface area is 163 Å². The first-order valence-electron chi connectivity index (χ1n) is 8.93. The van der Waals surface area contributed by atoms with E-state index in [0.29, 0.717) is 26.2 Å². The average molecular weight is 398 g/mol. The minimum atomic E-state index is -0.815. The number of amides is 2. The van der Waals surface area contributed by atoms with E-state index in [0.717, 1.165) is 12.0 Å². The van der Waals surface area contributed by atoms with Crippen LogP contribution < -0.4 is 5.32 Å². The topological polar surface area (TPSA) is 86.4 Å². The van der Waals surface area contributed by atoms with E-state index >= 15 is 0 Å². The molecule has 148 valence electrons. The summed E-state index contributed by atoms with van der Waals surface area (Å²) in [6, 6.07) is 9.89. The molecule has 7 nitrogen and oxygen atoms in total. The van der Waals surface area contributed by atoms with Gasteiger partial charge in [0.15, 0.2) is 0 Å². The second-order valence-electron chi connectivity index (χ2n) is 6.83. The van der Waals surface area contributed by atoms with Crippen molar-refractivity contribution < 1.29 is 28.5 Å². The van der Waals surface area contributed by atoms with Gasteiger partial charge in [-0.15, -0.1) is 11.6 Å². The zero-order chi connectivity index (χ0) is 19.3. The van der Waals surface area contributed by atoms with E-state index < -0.39 is 18.1 Å². The first-order valence-corrected chi connectivity index (χ1v) is 9.46. The molecule has 2 aliphatic rings. The third-order valence-electron chi connectivity index (χ3n) is 5.11. The van der Waals surface area contributed by atoms with Crippen molar-refractivity contribution >= 4 is 23.6 Å². The van der Waals surface area contributed by atoms with E-state index in [4.69, 9.17) is 30.5 Å². The monoisotopic (exact) mass is 397 g/mol. The second-order valence-corrected chi connectivity index (χ2v) is 7.09. The number of ether oxygens (including phenoxy) is 4. The largest absolute Gasteiger partial charge is 0.443 e. The van der Waals surface area contributed by atoms with Gasteiger partial charge in [-0.3, -0.25) is 10.1 Å². The standard InChI is InChI=1S/C19H24ClNO6/c1-24-17-14(11-25-10-13-5-3-2-4-6-13)19(12-26-19)8-7-15(17)27-18(23)21-16(22)9-20/h2-6,14-15,17H,7-12H2,1H3,(H,21,22,23)/t14-,15+,17-,19-/m0/s1. The number of hydrogen-bond acceptors (Lipinski definition) is 6. The lowest BCUT2D eigenvalue weighted by Gasteiger charge is -2.40. The van der Waals surface area contributed by atoms with E-state index in [1.54, 1.807) is 7.11 Å². The van der Waals surface area contributed by atoms with Crippen molar-refractivity contribution in [1.29, 1.82) is 0 Å².